The second-order valence-corrected chi connectivity index (χ2v) is 22.7. The number of allylic oxidation sites excluding steroid dienone is 10. The lowest BCUT2D eigenvalue weighted by molar-refractivity contribution is -0.167. The number of hydrogen-bond donors (Lipinski definition) is 0. The third-order valence-electron chi connectivity index (χ3n) is 15.0. The molecule has 0 heterocycles. The van der Waals surface area contributed by atoms with Crippen LogP contribution in [-0.2, 0) is 28.6 Å². The third kappa shape index (κ3) is 63.8. The zero-order chi connectivity index (χ0) is 55.7. The van der Waals surface area contributed by atoms with Crippen LogP contribution in [0.1, 0.15) is 355 Å². The van der Waals surface area contributed by atoms with Crippen molar-refractivity contribution in [2.45, 2.75) is 361 Å². The normalized spacial score (nSPS) is 12.4. The highest BCUT2D eigenvalue weighted by molar-refractivity contribution is 5.71. The zero-order valence-corrected chi connectivity index (χ0v) is 51.5. The van der Waals surface area contributed by atoms with Gasteiger partial charge in [-0.2, -0.15) is 0 Å². The van der Waals surface area contributed by atoms with Gasteiger partial charge in [-0.3, -0.25) is 14.4 Å². The van der Waals surface area contributed by atoms with E-state index >= 15 is 0 Å². The highest BCUT2D eigenvalue weighted by Crippen LogP contribution is 2.18. The van der Waals surface area contributed by atoms with Crippen molar-refractivity contribution in [2.24, 2.45) is 0 Å². The molecule has 448 valence electrons. The average molecular weight is 1080 g/mol. The second-order valence-electron chi connectivity index (χ2n) is 22.7. The number of ether oxygens (including phenoxy) is 3. The van der Waals surface area contributed by atoms with Crippen LogP contribution in [0.15, 0.2) is 60.8 Å². The maximum absolute atomic E-state index is 12.9. The van der Waals surface area contributed by atoms with E-state index in [1.54, 1.807) is 0 Å². The summed E-state index contributed by atoms with van der Waals surface area (Å²) in [6, 6.07) is 0. The standard InChI is InChI=1S/C71H128O6/c1-4-7-10-13-16-19-22-25-28-31-33-34-35-36-38-40-43-46-49-52-55-58-61-64-70(73)76-67-68(66-75-69(72)63-60-57-54-51-48-45-42-39-30-27-24-21-18-15-12-9-6-3)77-71(74)65-62-59-56-53-50-47-44-41-37-32-29-26-23-20-17-14-11-8-5-2/h7,10,16,19,25,27-28,30,33-34,68H,4-6,8-9,11-15,17-18,20-24,26,29,31-32,35-67H2,1-3H3/b10-7-,19-16-,28-25-,30-27-,34-33-. The Hall–Kier alpha value is -2.89. The number of rotatable bonds is 62. The van der Waals surface area contributed by atoms with Crippen molar-refractivity contribution < 1.29 is 28.6 Å². The minimum atomic E-state index is -0.777. The monoisotopic (exact) mass is 1080 g/mol. The number of hydrogen-bond acceptors (Lipinski definition) is 6. The molecule has 0 bridgehead atoms. The Morgan fingerprint density at radius 1 is 0.273 bits per heavy atom. The molecule has 0 N–H and O–H groups in total. The summed E-state index contributed by atoms with van der Waals surface area (Å²) in [4.78, 5) is 38.4. The maximum atomic E-state index is 12.9. The fourth-order valence-corrected chi connectivity index (χ4v) is 9.96. The van der Waals surface area contributed by atoms with Crippen LogP contribution in [0, 0.1) is 0 Å². The number of carbonyl (C=O) groups is 3. The molecule has 0 radical (unpaired) electrons. The zero-order valence-electron chi connectivity index (χ0n) is 51.5. The molecule has 0 aromatic carbocycles. The van der Waals surface area contributed by atoms with Gasteiger partial charge in [0.15, 0.2) is 6.10 Å². The first-order valence-corrected chi connectivity index (χ1v) is 33.8. The molecule has 0 aromatic rings. The van der Waals surface area contributed by atoms with Gasteiger partial charge in [0.1, 0.15) is 13.2 Å². The highest BCUT2D eigenvalue weighted by Gasteiger charge is 2.19. The Kier molecular flexibility index (Phi) is 63.2. The summed E-state index contributed by atoms with van der Waals surface area (Å²) in [7, 11) is 0. The molecule has 0 fully saturated rings. The average Bonchev–Trinajstić information content (AvgIpc) is 3.43. The Morgan fingerprint density at radius 3 is 0.805 bits per heavy atom. The van der Waals surface area contributed by atoms with Gasteiger partial charge in [0.2, 0.25) is 0 Å². The van der Waals surface area contributed by atoms with Gasteiger partial charge in [-0.15, -0.1) is 0 Å². The van der Waals surface area contributed by atoms with Gasteiger partial charge in [-0.05, 0) is 83.5 Å². The summed E-state index contributed by atoms with van der Waals surface area (Å²) in [5, 5.41) is 0. The predicted molar refractivity (Wildman–Crippen MR) is 335 cm³/mol. The molecule has 0 saturated carbocycles. The lowest BCUT2D eigenvalue weighted by Gasteiger charge is -2.18. The van der Waals surface area contributed by atoms with Crippen molar-refractivity contribution in [3.63, 3.8) is 0 Å². The molecule has 0 aliphatic rings. The number of carbonyl (C=O) groups excluding carboxylic acids is 3. The number of esters is 3. The van der Waals surface area contributed by atoms with Crippen molar-refractivity contribution in [1.29, 1.82) is 0 Å². The van der Waals surface area contributed by atoms with Crippen LogP contribution in [0.25, 0.3) is 0 Å². The lowest BCUT2D eigenvalue weighted by Crippen LogP contribution is -2.30. The summed E-state index contributed by atoms with van der Waals surface area (Å²) < 4.78 is 17.0. The smallest absolute Gasteiger partial charge is 0.306 e. The van der Waals surface area contributed by atoms with Crippen LogP contribution in [0.4, 0.5) is 0 Å². The van der Waals surface area contributed by atoms with Gasteiger partial charge >= 0.3 is 17.9 Å². The first kappa shape index (κ1) is 74.1. The van der Waals surface area contributed by atoms with Crippen LogP contribution in [-0.4, -0.2) is 37.2 Å². The molecule has 0 saturated heterocycles. The molecule has 6 heteroatoms. The molecule has 0 aliphatic heterocycles. The summed E-state index contributed by atoms with van der Waals surface area (Å²) in [5.41, 5.74) is 0. The molecule has 1 unspecified atom stereocenters. The largest absolute Gasteiger partial charge is 0.462 e. The van der Waals surface area contributed by atoms with E-state index < -0.39 is 6.10 Å². The topological polar surface area (TPSA) is 78.9 Å². The fraction of sp³-hybridized carbons (Fsp3) is 0.817. The van der Waals surface area contributed by atoms with Crippen molar-refractivity contribution in [2.75, 3.05) is 13.2 Å². The molecule has 0 aliphatic carbocycles. The summed E-state index contributed by atoms with van der Waals surface area (Å²) in [6.07, 6.45) is 83.7. The van der Waals surface area contributed by atoms with Crippen molar-refractivity contribution >= 4 is 17.9 Å². The van der Waals surface area contributed by atoms with Crippen LogP contribution < -0.4 is 0 Å². The molecule has 0 spiro atoms. The first-order valence-electron chi connectivity index (χ1n) is 33.8. The lowest BCUT2D eigenvalue weighted by atomic mass is 10.0. The van der Waals surface area contributed by atoms with Crippen molar-refractivity contribution in [1.82, 2.24) is 0 Å². The third-order valence-corrected chi connectivity index (χ3v) is 15.0. The van der Waals surface area contributed by atoms with Gasteiger partial charge in [0.05, 0.1) is 0 Å². The molecule has 6 nitrogen and oxygen atoms in total. The SMILES string of the molecule is CC/C=C\C/C=C\C/C=C\C/C=C\CCCCCCCCCCCCC(=O)OCC(COC(=O)CCCCCCCCC/C=C\CCCCCCCC)OC(=O)CCCCCCCCCCCCCCCCCCCCC. The van der Waals surface area contributed by atoms with Crippen LogP contribution in [0.5, 0.6) is 0 Å². The van der Waals surface area contributed by atoms with E-state index in [9.17, 15) is 14.4 Å². The first-order chi connectivity index (χ1) is 38.0. The van der Waals surface area contributed by atoms with E-state index in [-0.39, 0.29) is 31.1 Å². The van der Waals surface area contributed by atoms with E-state index in [0.717, 1.165) is 83.5 Å². The van der Waals surface area contributed by atoms with Crippen molar-refractivity contribution in [3.05, 3.63) is 60.8 Å². The van der Waals surface area contributed by atoms with E-state index in [0.29, 0.717) is 19.3 Å². The Bertz CT molecular complexity index is 1380. The minimum absolute atomic E-state index is 0.0737. The molecule has 0 aromatic heterocycles. The molecule has 0 rings (SSSR count). The second kappa shape index (κ2) is 65.6. The number of unbranched alkanes of at least 4 members (excludes halogenated alkanes) is 41. The predicted octanol–water partition coefficient (Wildman–Crippen LogP) is 23.1. The van der Waals surface area contributed by atoms with Gasteiger partial charge in [-0.25, -0.2) is 0 Å². The highest BCUT2D eigenvalue weighted by atomic mass is 16.6. The van der Waals surface area contributed by atoms with Crippen LogP contribution in [0.2, 0.25) is 0 Å². The van der Waals surface area contributed by atoms with E-state index in [4.69, 9.17) is 14.2 Å². The minimum Gasteiger partial charge on any atom is -0.462 e. The fourth-order valence-electron chi connectivity index (χ4n) is 9.96. The molecule has 0 amide bonds. The van der Waals surface area contributed by atoms with E-state index in [1.165, 1.54) is 231 Å². The van der Waals surface area contributed by atoms with Crippen molar-refractivity contribution in [3.8, 4) is 0 Å². The van der Waals surface area contributed by atoms with Gasteiger partial charge in [0, 0.05) is 19.3 Å². The van der Waals surface area contributed by atoms with E-state index in [1.807, 2.05) is 0 Å². The van der Waals surface area contributed by atoms with Gasteiger partial charge in [0.25, 0.3) is 0 Å². The molecular weight excluding hydrogens is 949 g/mol. The van der Waals surface area contributed by atoms with E-state index in [2.05, 4.69) is 81.5 Å². The summed E-state index contributed by atoms with van der Waals surface area (Å²) in [5.74, 6) is -0.858. The van der Waals surface area contributed by atoms with Crippen LogP contribution in [0.3, 0.4) is 0 Å². The van der Waals surface area contributed by atoms with Crippen LogP contribution >= 0.6 is 0 Å². The maximum Gasteiger partial charge on any atom is 0.306 e. The molecule has 1 atom stereocenters. The molecular formula is C71H128O6. The van der Waals surface area contributed by atoms with Gasteiger partial charge in [-0.1, -0.05) is 313 Å². The Morgan fingerprint density at radius 2 is 0.506 bits per heavy atom. The van der Waals surface area contributed by atoms with Gasteiger partial charge < -0.3 is 14.2 Å². The quantitative estimate of drug-likeness (QED) is 0.0261. The summed E-state index contributed by atoms with van der Waals surface area (Å²) >= 11 is 0. The molecule has 77 heavy (non-hydrogen) atoms. The Labute approximate surface area is 479 Å². The Balaban J connectivity index is 4.33. The summed E-state index contributed by atoms with van der Waals surface area (Å²) in [6.45, 7) is 6.58.